The van der Waals surface area contributed by atoms with Crippen LogP contribution in [0.25, 0.3) is 11.3 Å². The quantitative estimate of drug-likeness (QED) is 0.342. The normalized spacial score (nSPS) is 11.8. The molecule has 8 nitrogen and oxygen atoms in total. The van der Waals surface area contributed by atoms with Crippen molar-refractivity contribution in [2.45, 2.75) is 6.42 Å². The zero-order valence-electron chi connectivity index (χ0n) is 17.7. The molecule has 1 aromatic heterocycles. The molecule has 4 N–H and O–H groups in total. The second-order valence-corrected chi connectivity index (χ2v) is 7.47. The first-order valence-electron chi connectivity index (χ1n) is 10.6. The summed E-state index contributed by atoms with van der Waals surface area (Å²) in [6, 6.07) is 24.9. The molecule has 1 aliphatic heterocycles. The predicted octanol–water partition coefficient (Wildman–Crippen LogP) is 4.27. The molecule has 4 aromatic rings. The van der Waals surface area contributed by atoms with Crippen molar-refractivity contribution in [1.82, 2.24) is 15.5 Å². The van der Waals surface area contributed by atoms with Crippen LogP contribution in [0.4, 0.5) is 17.3 Å². The van der Waals surface area contributed by atoms with Gasteiger partial charge in [-0.3, -0.25) is 15.6 Å². The number of fused-ring (bicyclic) bond motifs is 1. The Balaban J connectivity index is 1.20. The molecule has 8 heteroatoms. The molecule has 0 fully saturated rings. The van der Waals surface area contributed by atoms with Gasteiger partial charge in [-0.1, -0.05) is 42.5 Å². The van der Waals surface area contributed by atoms with Crippen molar-refractivity contribution in [1.29, 1.82) is 0 Å². The van der Waals surface area contributed by atoms with E-state index in [1.165, 1.54) is 5.56 Å². The number of hydrazine groups is 2. The molecule has 0 saturated carbocycles. The lowest BCUT2D eigenvalue weighted by molar-refractivity contribution is 0.102. The maximum absolute atomic E-state index is 12.8. The molecule has 5 rings (SSSR count). The van der Waals surface area contributed by atoms with E-state index in [0.717, 1.165) is 17.7 Å². The van der Waals surface area contributed by atoms with Crippen molar-refractivity contribution in [2.75, 3.05) is 22.8 Å². The number of amides is 1. The Morgan fingerprint density at radius 2 is 1.73 bits per heavy atom. The average Bonchev–Trinajstić information content (AvgIpc) is 3.34. The van der Waals surface area contributed by atoms with Crippen LogP contribution in [0.5, 0.6) is 5.75 Å². The van der Waals surface area contributed by atoms with Gasteiger partial charge in [0.25, 0.3) is 5.91 Å². The summed E-state index contributed by atoms with van der Waals surface area (Å²) in [5.74, 6) is 1.79. The summed E-state index contributed by atoms with van der Waals surface area (Å²) in [4.78, 5) is 21.6. The van der Waals surface area contributed by atoms with E-state index >= 15 is 0 Å². The number of ether oxygens (including phenoxy) is 1. The molecule has 33 heavy (non-hydrogen) atoms. The lowest BCUT2D eigenvalue weighted by atomic mass is 10.1. The van der Waals surface area contributed by atoms with Crippen LogP contribution in [0, 0.1) is 0 Å². The number of carbonyl (C=O) groups is 1. The number of nitrogens with zero attached hydrogens (tertiary/aromatic N) is 2. The zero-order chi connectivity index (χ0) is 22.5. The standard InChI is InChI=1S/C25H22N6O2/c32-25(19-8-4-7-18(15-19)22-16-26-23-24(28-22)30-31-29-23)27-20-9-11-21(12-10-20)33-14-13-17-5-2-1-3-6-17/h1-12,15-16H,13-14H2,(H,27,32)(H3,26,28,29,30,31). The van der Waals surface area contributed by atoms with Crippen LogP contribution in [-0.2, 0) is 6.42 Å². The van der Waals surface area contributed by atoms with Gasteiger partial charge in [-0.05, 0) is 42.0 Å². The lowest BCUT2D eigenvalue weighted by Crippen LogP contribution is -2.19. The van der Waals surface area contributed by atoms with E-state index in [1.807, 2.05) is 54.6 Å². The van der Waals surface area contributed by atoms with E-state index in [2.05, 4.69) is 43.8 Å². The monoisotopic (exact) mass is 438 g/mol. The minimum Gasteiger partial charge on any atom is -0.493 e. The Labute approximate surface area is 191 Å². The van der Waals surface area contributed by atoms with E-state index in [9.17, 15) is 4.79 Å². The van der Waals surface area contributed by atoms with Crippen molar-refractivity contribution in [3.63, 3.8) is 0 Å². The fraction of sp³-hybridized carbons (Fsp3) is 0.0800. The average molecular weight is 438 g/mol. The van der Waals surface area contributed by atoms with Crippen molar-refractivity contribution in [3.05, 3.63) is 96.2 Å². The summed E-state index contributed by atoms with van der Waals surface area (Å²) >= 11 is 0. The molecule has 2 heterocycles. The summed E-state index contributed by atoms with van der Waals surface area (Å²) in [5.41, 5.74) is 12.4. The Morgan fingerprint density at radius 3 is 2.58 bits per heavy atom. The molecule has 0 radical (unpaired) electrons. The number of anilines is 3. The number of nitrogens with one attached hydrogen (secondary N) is 4. The molecule has 1 aliphatic rings. The molecule has 3 aromatic carbocycles. The van der Waals surface area contributed by atoms with Gasteiger partial charge in [0, 0.05) is 23.2 Å². The van der Waals surface area contributed by atoms with Crippen molar-refractivity contribution in [2.24, 2.45) is 0 Å². The first-order chi connectivity index (χ1) is 16.2. The second kappa shape index (κ2) is 9.37. The van der Waals surface area contributed by atoms with Gasteiger partial charge in [-0.15, -0.1) is 5.53 Å². The Morgan fingerprint density at radius 1 is 0.909 bits per heavy atom. The molecular weight excluding hydrogens is 416 g/mol. The van der Waals surface area contributed by atoms with Gasteiger partial charge >= 0.3 is 0 Å². The number of rotatable bonds is 7. The highest BCUT2D eigenvalue weighted by Crippen LogP contribution is 2.25. The second-order valence-electron chi connectivity index (χ2n) is 7.47. The van der Waals surface area contributed by atoms with E-state index in [-0.39, 0.29) is 5.91 Å². The Kier molecular flexibility index (Phi) is 5.81. The van der Waals surface area contributed by atoms with Gasteiger partial charge in [0.2, 0.25) is 0 Å². The summed E-state index contributed by atoms with van der Waals surface area (Å²) < 4.78 is 5.81. The van der Waals surface area contributed by atoms with Crippen LogP contribution in [-0.4, -0.2) is 22.5 Å². The first-order valence-corrected chi connectivity index (χ1v) is 10.6. The maximum atomic E-state index is 12.8. The largest absolute Gasteiger partial charge is 0.493 e. The summed E-state index contributed by atoms with van der Waals surface area (Å²) in [7, 11) is 0. The van der Waals surface area contributed by atoms with Gasteiger partial charge in [0.1, 0.15) is 5.75 Å². The molecule has 1 amide bonds. The van der Waals surface area contributed by atoms with Crippen LogP contribution in [0.3, 0.4) is 0 Å². The fourth-order valence-corrected chi connectivity index (χ4v) is 3.45. The van der Waals surface area contributed by atoms with Crippen LogP contribution in [0.15, 0.2) is 85.1 Å². The number of aromatic nitrogens is 2. The van der Waals surface area contributed by atoms with Gasteiger partial charge in [-0.2, -0.15) is 0 Å². The van der Waals surface area contributed by atoms with E-state index in [0.29, 0.717) is 35.2 Å². The van der Waals surface area contributed by atoms with Gasteiger partial charge in [0.05, 0.1) is 18.5 Å². The third-order valence-electron chi connectivity index (χ3n) is 5.17. The third kappa shape index (κ3) is 4.91. The fourth-order valence-electron chi connectivity index (χ4n) is 3.45. The highest BCUT2D eigenvalue weighted by Gasteiger charge is 2.14. The Bertz CT molecular complexity index is 1260. The smallest absolute Gasteiger partial charge is 0.255 e. The predicted molar refractivity (Wildman–Crippen MR) is 128 cm³/mol. The molecule has 0 aliphatic carbocycles. The lowest BCUT2D eigenvalue weighted by Gasteiger charge is -2.09. The molecule has 0 saturated heterocycles. The minimum absolute atomic E-state index is 0.204. The Hall–Kier alpha value is -4.43. The molecular formula is C25H22N6O2. The van der Waals surface area contributed by atoms with Gasteiger partial charge in [-0.25, -0.2) is 9.97 Å². The van der Waals surface area contributed by atoms with Crippen LogP contribution < -0.4 is 26.4 Å². The van der Waals surface area contributed by atoms with Crippen LogP contribution in [0.1, 0.15) is 15.9 Å². The molecule has 0 atom stereocenters. The number of carbonyl (C=O) groups excluding carboxylic acids is 1. The molecule has 164 valence electrons. The SMILES string of the molecule is O=C(Nc1ccc(OCCc2ccccc2)cc1)c1cccc(-c2cnc3c(n2)NNN3)c1. The summed E-state index contributed by atoms with van der Waals surface area (Å²) in [5, 5.41) is 2.92. The molecule has 0 spiro atoms. The number of hydrogen-bond donors (Lipinski definition) is 4. The highest BCUT2D eigenvalue weighted by atomic mass is 16.5. The van der Waals surface area contributed by atoms with E-state index < -0.39 is 0 Å². The number of benzene rings is 3. The van der Waals surface area contributed by atoms with Crippen molar-refractivity contribution in [3.8, 4) is 17.0 Å². The van der Waals surface area contributed by atoms with Crippen molar-refractivity contribution >= 4 is 23.2 Å². The van der Waals surface area contributed by atoms with Gasteiger partial charge < -0.3 is 10.1 Å². The van der Waals surface area contributed by atoms with Crippen LogP contribution >= 0.6 is 0 Å². The maximum Gasteiger partial charge on any atom is 0.255 e. The number of hydrogen-bond acceptors (Lipinski definition) is 7. The van der Waals surface area contributed by atoms with E-state index in [4.69, 9.17) is 4.74 Å². The van der Waals surface area contributed by atoms with Crippen LogP contribution in [0.2, 0.25) is 0 Å². The van der Waals surface area contributed by atoms with Gasteiger partial charge in [0.15, 0.2) is 11.6 Å². The third-order valence-corrected chi connectivity index (χ3v) is 5.17. The topological polar surface area (TPSA) is 100 Å². The molecule has 0 bridgehead atoms. The van der Waals surface area contributed by atoms with Crippen molar-refractivity contribution < 1.29 is 9.53 Å². The first kappa shape index (κ1) is 20.5. The summed E-state index contributed by atoms with van der Waals surface area (Å²) in [6.07, 6.45) is 2.50. The van der Waals surface area contributed by atoms with E-state index in [1.54, 1.807) is 18.3 Å². The minimum atomic E-state index is -0.204. The zero-order valence-corrected chi connectivity index (χ0v) is 17.7. The molecule has 0 unspecified atom stereocenters. The highest BCUT2D eigenvalue weighted by molar-refractivity contribution is 6.04. The summed E-state index contributed by atoms with van der Waals surface area (Å²) in [6.45, 7) is 0.593.